The lowest BCUT2D eigenvalue weighted by Gasteiger charge is -2.33. The summed E-state index contributed by atoms with van der Waals surface area (Å²) in [6, 6.07) is 12.5. The molecule has 0 spiro atoms. The van der Waals surface area contributed by atoms with Crippen LogP contribution in [0.5, 0.6) is 11.5 Å². The van der Waals surface area contributed by atoms with Gasteiger partial charge >= 0.3 is 5.97 Å². The Morgan fingerprint density at radius 2 is 1.93 bits per heavy atom. The van der Waals surface area contributed by atoms with Gasteiger partial charge in [-0.25, -0.2) is 4.79 Å². The maximum absolute atomic E-state index is 12.5. The predicted molar refractivity (Wildman–Crippen MR) is 102 cm³/mol. The van der Waals surface area contributed by atoms with Gasteiger partial charge in [0, 0.05) is 6.54 Å². The average Bonchev–Trinajstić information content (AvgIpc) is 2.65. The number of hydrogen-bond donors (Lipinski definition) is 1. The first kappa shape index (κ1) is 18.8. The Morgan fingerprint density at radius 3 is 2.63 bits per heavy atom. The van der Waals surface area contributed by atoms with E-state index in [4.69, 9.17) is 14.6 Å². The van der Waals surface area contributed by atoms with Gasteiger partial charge in [-0.15, -0.1) is 0 Å². The quantitative estimate of drug-likeness (QED) is 0.754. The Morgan fingerprint density at radius 1 is 1.19 bits per heavy atom. The number of benzene rings is 2. The average molecular weight is 369 g/mol. The third-order valence-corrected chi connectivity index (χ3v) is 4.48. The number of carbonyl (C=O) groups excluding carboxylic acids is 1. The number of carboxylic acid groups (broad SMARTS) is 1. The Kier molecular flexibility index (Phi) is 5.64. The van der Waals surface area contributed by atoms with Crippen molar-refractivity contribution in [1.82, 2.24) is 0 Å². The molecule has 0 fully saturated rings. The minimum absolute atomic E-state index is 0.120. The summed E-state index contributed by atoms with van der Waals surface area (Å²) in [5.74, 6) is 0.122. The number of anilines is 1. The van der Waals surface area contributed by atoms with Crippen molar-refractivity contribution < 1.29 is 24.2 Å². The number of carbonyl (C=O) groups is 2. The number of unbranched alkanes of at least 4 members (excludes halogenated alkanes) is 1. The fourth-order valence-electron chi connectivity index (χ4n) is 2.97. The molecule has 1 aliphatic heterocycles. The largest absolute Gasteiger partial charge is 0.494 e. The lowest BCUT2D eigenvalue weighted by molar-refractivity contribution is -0.125. The minimum atomic E-state index is -1.02. The van der Waals surface area contributed by atoms with Gasteiger partial charge < -0.3 is 19.5 Å². The Hall–Kier alpha value is -3.02. The number of ether oxygens (including phenoxy) is 2. The van der Waals surface area contributed by atoms with Crippen LogP contribution >= 0.6 is 0 Å². The zero-order valence-electron chi connectivity index (χ0n) is 15.5. The number of aryl methyl sites for hydroxylation is 1. The topological polar surface area (TPSA) is 76.1 Å². The molecular formula is C21H23NO5. The summed E-state index contributed by atoms with van der Waals surface area (Å²) < 4.78 is 11.3. The van der Waals surface area contributed by atoms with Crippen molar-refractivity contribution in [2.24, 2.45) is 0 Å². The first-order chi connectivity index (χ1) is 13.0. The summed E-state index contributed by atoms with van der Waals surface area (Å²) in [6.07, 6.45) is 0.935. The molecule has 1 aliphatic rings. The highest BCUT2D eigenvalue weighted by atomic mass is 16.5. The Labute approximate surface area is 158 Å². The second-order valence-electron chi connectivity index (χ2n) is 6.61. The molecule has 0 aliphatic carbocycles. The van der Waals surface area contributed by atoms with Crippen LogP contribution in [-0.2, 0) is 4.79 Å². The smallest absolute Gasteiger partial charge is 0.335 e. The molecule has 0 bridgehead atoms. The van der Waals surface area contributed by atoms with Crippen LogP contribution in [0.4, 0.5) is 5.69 Å². The van der Waals surface area contributed by atoms with E-state index in [2.05, 4.69) is 0 Å². The van der Waals surface area contributed by atoms with Gasteiger partial charge in [0.05, 0.1) is 17.9 Å². The second-order valence-corrected chi connectivity index (χ2v) is 6.61. The molecule has 3 rings (SSSR count). The van der Waals surface area contributed by atoms with Crippen LogP contribution in [0.3, 0.4) is 0 Å². The molecule has 2 aromatic carbocycles. The van der Waals surface area contributed by atoms with Crippen LogP contribution in [0.1, 0.15) is 35.7 Å². The number of nitrogens with zero attached hydrogens (tertiary/aromatic N) is 1. The van der Waals surface area contributed by atoms with Crippen molar-refractivity contribution in [3.05, 3.63) is 53.6 Å². The molecule has 0 radical (unpaired) electrons. The molecule has 6 heteroatoms. The fourth-order valence-corrected chi connectivity index (χ4v) is 2.97. The van der Waals surface area contributed by atoms with Gasteiger partial charge in [-0.3, -0.25) is 4.79 Å². The van der Waals surface area contributed by atoms with Crippen LogP contribution in [0.25, 0.3) is 0 Å². The number of fused-ring (bicyclic) bond motifs is 1. The number of hydrogen-bond acceptors (Lipinski definition) is 4. The highest BCUT2D eigenvalue weighted by molar-refractivity contribution is 6.00. The standard InChI is InChI=1S/C21H23NO5/c1-14-5-8-17(9-6-14)26-12-4-3-11-22-18-10-7-16(21(24)25)13-19(18)27-15(2)20(22)23/h5-10,13,15H,3-4,11-12H2,1-2H3,(H,24,25). The van der Waals surface area contributed by atoms with Gasteiger partial charge in [0.15, 0.2) is 6.10 Å². The van der Waals surface area contributed by atoms with E-state index in [1.54, 1.807) is 17.9 Å². The first-order valence-electron chi connectivity index (χ1n) is 9.00. The third kappa shape index (κ3) is 4.39. The summed E-state index contributed by atoms with van der Waals surface area (Å²) in [5, 5.41) is 9.13. The number of carboxylic acids is 1. The van der Waals surface area contributed by atoms with Crippen LogP contribution in [0.2, 0.25) is 0 Å². The fraction of sp³-hybridized carbons (Fsp3) is 0.333. The van der Waals surface area contributed by atoms with Crippen LogP contribution < -0.4 is 14.4 Å². The van der Waals surface area contributed by atoms with Gasteiger partial charge in [0.25, 0.3) is 5.91 Å². The Bertz CT molecular complexity index is 831. The van der Waals surface area contributed by atoms with Crippen molar-refractivity contribution in [3.63, 3.8) is 0 Å². The van der Waals surface area contributed by atoms with E-state index in [1.165, 1.54) is 17.7 Å². The van der Waals surface area contributed by atoms with Gasteiger partial charge in [-0.05, 0) is 57.0 Å². The maximum atomic E-state index is 12.5. The highest BCUT2D eigenvalue weighted by Gasteiger charge is 2.31. The molecule has 1 unspecified atom stereocenters. The third-order valence-electron chi connectivity index (χ3n) is 4.48. The maximum Gasteiger partial charge on any atom is 0.335 e. The summed E-state index contributed by atoms with van der Waals surface area (Å²) in [4.78, 5) is 25.3. The SMILES string of the molecule is Cc1ccc(OCCCCN2C(=O)C(C)Oc3cc(C(=O)O)ccc32)cc1. The number of rotatable bonds is 7. The summed E-state index contributed by atoms with van der Waals surface area (Å²) in [6.45, 7) is 4.80. The highest BCUT2D eigenvalue weighted by Crippen LogP contribution is 2.35. The number of amides is 1. The van der Waals surface area contributed by atoms with Crippen LogP contribution in [0.15, 0.2) is 42.5 Å². The summed E-state index contributed by atoms with van der Waals surface area (Å²) >= 11 is 0. The molecule has 6 nitrogen and oxygen atoms in total. The van der Waals surface area contributed by atoms with E-state index in [9.17, 15) is 9.59 Å². The van der Waals surface area contributed by atoms with Gasteiger partial charge in [-0.2, -0.15) is 0 Å². The van der Waals surface area contributed by atoms with E-state index >= 15 is 0 Å². The van der Waals surface area contributed by atoms with Crippen molar-refractivity contribution >= 4 is 17.6 Å². The predicted octanol–water partition coefficient (Wildman–Crippen LogP) is 3.67. The Balaban J connectivity index is 1.58. The van der Waals surface area contributed by atoms with Gasteiger partial charge in [0.1, 0.15) is 11.5 Å². The minimum Gasteiger partial charge on any atom is -0.494 e. The molecular weight excluding hydrogens is 346 g/mol. The molecule has 1 N–H and O–H groups in total. The van der Waals surface area contributed by atoms with E-state index in [0.29, 0.717) is 24.6 Å². The molecule has 142 valence electrons. The van der Waals surface area contributed by atoms with Crippen molar-refractivity contribution in [3.8, 4) is 11.5 Å². The second kappa shape index (κ2) is 8.12. The lowest BCUT2D eigenvalue weighted by Crippen LogP contribution is -2.45. The summed E-state index contributed by atoms with van der Waals surface area (Å²) in [7, 11) is 0. The van der Waals surface area contributed by atoms with Crippen molar-refractivity contribution in [2.75, 3.05) is 18.1 Å². The first-order valence-corrected chi connectivity index (χ1v) is 9.00. The molecule has 0 saturated heterocycles. The van der Waals surface area contributed by atoms with E-state index in [-0.39, 0.29) is 11.5 Å². The molecule has 1 atom stereocenters. The zero-order valence-corrected chi connectivity index (χ0v) is 15.5. The molecule has 1 heterocycles. The van der Waals surface area contributed by atoms with Gasteiger partial charge in [0.2, 0.25) is 0 Å². The van der Waals surface area contributed by atoms with Crippen LogP contribution in [-0.4, -0.2) is 36.2 Å². The van der Waals surface area contributed by atoms with Crippen LogP contribution in [0, 0.1) is 6.92 Å². The normalized spacial score (nSPS) is 15.9. The van der Waals surface area contributed by atoms with E-state index < -0.39 is 12.1 Å². The van der Waals surface area contributed by atoms with E-state index in [1.807, 2.05) is 31.2 Å². The molecule has 1 amide bonds. The van der Waals surface area contributed by atoms with Crippen molar-refractivity contribution in [2.45, 2.75) is 32.8 Å². The molecule has 27 heavy (non-hydrogen) atoms. The molecule has 0 saturated carbocycles. The lowest BCUT2D eigenvalue weighted by atomic mass is 10.1. The van der Waals surface area contributed by atoms with Crippen molar-refractivity contribution in [1.29, 1.82) is 0 Å². The van der Waals surface area contributed by atoms with E-state index in [0.717, 1.165) is 18.6 Å². The molecule has 0 aromatic heterocycles. The summed E-state index contributed by atoms with van der Waals surface area (Å²) in [5.41, 5.74) is 1.94. The zero-order chi connectivity index (χ0) is 19.4. The monoisotopic (exact) mass is 369 g/mol. The molecule has 2 aromatic rings. The number of aromatic carboxylic acids is 1. The van der Waals surface area contributed by atoms with Gasteiger partial charge in [-0.1, -0.05) is 17.7 Å².